The molecule has 21 heavy (non-hydrogen) atoms. The first-order valence-corrected chi connectivity index (χ1v) is 7.47. The normalized spacial score (nSPS) is 15.5. The minimum Gasteiger partial charge on any atom is -0.479 e. The van der Waals surface area contributed by atoms with Gasteiger partial charge in [0.1, 0.15) is 5.69 Å². The second-order valence-electron chi connectivity index (χ2n) is 5.37. The van der Waals surface area contributed by atoms with Gasteiger partial charge in [0.15, 0.2) is 0 Å². The molecule has 0 saturated heterocycles. The van der Waals surface area contributed by atoms with Crippen molar-refractivity contribution < 1.29 is 14.3 Å². The number of rotatable bonds is 6. The van der Waals surface area contributed by atoms with Gasteiger partial charge in [0.2, 0.25) is 11.8 Å². The lowest BCUT2D eigenvalue weighted by Gasteiger charge is -2.21. The number of ether oxygens (including phenoxy) is 2. The Hall–Kier alpha value is -1.85. The van der Waals surface area contributed by atoms with Crippen LogP contribution in [0.5, 0.6) is 11.9 Å². The van der Waals surface area contributed by atoms with Gasteiger partial charge >= 0.3 is 6.01 Å². The molecule has 1 saturated carbocycles. The molecule has 1 aliphatic carbocycles. The van der Waals surface area contributed by atoms with Gasteiger partial charge in [-0.15, -0.1) is 0 Å². The molecule has 0 spiro atoms. The summed E-state index contributed by atoms with van der Waals surface area (Å²) >= 11 is 0. The van der Waals surface area contributed by atoms with Gasteiger partial charge in [-0.1, -0.05) is 32.1 Å². The zero-order valence-corrected chi connectivity index (χ0v) is 12.7. The van der Waals surface area contributed by atoms with E-state index < -0.39 is 0 Å². The molecule has 6 nitrogen and oxygen atoms in total. The Bertz CT molecular complexity index is 473. The van der Waals surface area contributed by atoms with Crippen molar-refractivity contribution in [1.29, 1.82) is 0 Å². The molecule has 0 aromatic carbocycles. The number of anilines is 1. The Morgan fingerprint density at radius 3 is 2.71 bits per heavy atom. The van der Waals surface area contributed by atoms with Gasteiger partial charge in [0, 0.05) is 6.42 Å². The number of carbonyl (C=O) groups is 1. The molecule has 116 valence electrons. The maximum absolute atomic E-state index is 12.0. The Morgan fingerprint density at radius 1 is 1.29 bits per heavy atom. The average Bonchev–Trinajstić information content (AvgIpc) is 2.54. The maximum Gasteiger partial charge on any atom is 0.319 e. The number of amides is 1. The number of hydrogen-bond acceptors (Lipinski definition) is 5. The summed E-state index contributed by atoms with van der Waals surface area (Å²) in [7, 11) is 2.98. The van der Waals surface area contributed by atoms with Gasteiger partial charge in [-0.05, 0) is 12.3 Å². The zero-order valence-electron chi connectivity index (χ0n) is 12.7. The predicted octanol–water partition coefficient (Wildman–Crippen LogP) is 2.79. The van der Waals surface area contributed by atoms with Crippen molar-refractivity contribution in [3.63, 3.8) is 0 Å². The standard InChI is InChI=1S/C15H23N3O3/c1-20-14-12(10-16-15(18-14)21-2)17-13(19)9-8-11-6-4-3-5-7-11/h10-11H,3-9H2,1-2H3,(H,17,19). The van der Waals surface area contributed by atoms with Gasteiger partial charge in [-0.25, -0.2) is 4.98 Å². The maximum atomic E-state index is 12.0. The molecule has 0 unspecified atom stereocenters. The molecule has 1 N–H and O–H groups in total. The molecule has 1 amide bonds. The third-order valence-electron chi connectivity index (χ3n) is 3.89. The van der Waals surface area contributed by atoms with Crippen LogP contribution in [-0.2, 0) is 4.79 Å². The largest absolute Gasteiger partial charge is 0.479 e. The van der Waals surface area contributed by atoms with E-state index in [-0.39, 0.29) is 11.9 Å². The van der Waals surface area contributed by atoms with E-state index in [9.17, 15) is 4.79 Å². The fraction of sp³-hybridized carbons (Fsp3) is 0.667. The summed E-state index contributed by atoms with van der Waals surface area (Å²) in [5.74, 6) is 0.985. The zero-order chi connectivity index (χ0) is 15.1. The first kappa shape index (κ1) is 15.5. The molecule has 2 rings (SSSR count). The number of methoxy groups -OCH3 is 2. The van der Waals surface area contributed by atoms with E-state index in [0.717, 1.165) is 6.42 Å². The molecule has 1 heterocycles. The number of hydrogen-bond donors (Lipinski definition) is 1. The second-order valence-corrected chi connectivity index (χ2v) is 5.37. The van der Waals surface area contributed by atoms with Gasteiger partial charge in [-0.2, -0.15) is 4.98 Å². The lowest BCUT2D eigenvalue weighted by Crippen LogP contribution is -2.16. The van der Waals surface area contributed by atoms with Crippen molar-refractivity contribution in [3.8, 4) is 11.9 Å². The molecule has 0 radical (unpaired) electrons. The van der Waals surface area contributed by atoms with Crippen molar-refractivity contribution in [2.24, 2.45) is 5.92 Å². The fourth-order valence-corrected chi connectivity index (χ4v) is 2.71. The van der Waals surface area contributed by atoms with Crippen LogP contribution in [0.25, 0.3) is 0 Å². The van der Waals surface area contributed by atoms with Crippen LogP contribution in [0, 0.1) is 5.92 Å². The van der Waals surface area contributed by atoms with Gasteiger partial charge in [-0.3, -0.25) is 4.79 Å². The van der Waals surface area contributed by atoms with E-state index in [1.807, 2.05) is 0 Å². The van der Waals surface area contributed by atoms with E-state index in [2.05, 4.69) is 15.3 Å². The Labute approximate surface area is 125 Å². The number of nitrogens with one attached hydrogen (secondary N) is 1. The van der Waals surface area contributed by atoms with Gasteiger partial charge < -0.3 is 14.8 Å². The van der Waals surface area contributed by atoms with Crippen LogP contribution in [0.3, 0.4) is 0 Å². The monoisotopic (exact) mass is 293 g/mol. The summed E-state index contributed by atoms with van der Waals surface area (Å²) in [5, 5.41) is 2.81. The van der Waals surface area contributed by atoms with E-state index in [4.69, 9.17) is 9.47 Å². The molecule has 0 atom stereocenters. The van der Waals surface area contributed by atoms with E-state index in [1.165, 1.54) is 52.5 Å². The second kappa shape index (κ2) is 7.81. The van der Waals surface area contributed by atoms with Crippen LogP contribution in [0.2, 0.25) is 0 Å². The molecule has 0 bridgehead atoms. The van der Waals surface area contributed by atoms with Crippen LogP contribution in [-0.4, -0.2) is 30.1 Å². The molecule has 1 fully saturated rings. The highest BCUT2D eigenvalue weighted by Crippen LogP contribution is 2.28. The predicted molar refractivity (Wildman–Crippen MR) is 79.6 cm³/mol. The molecular formula is C15H23N3O3. The number of nitrogens with zero attached hydrogens (tertiary/aromatic N) is 2. The molecule has 0 aliphatic heterocycles. The van der Waals surface area contributed by atoms with Crippen molar-refractivity contribution in [3.05, 3.63) is 6.20 Å². The van der Waals surface area contributed by atoms with Crippen molar-refractivity contribution in [1.82, 2.24) is 9.97 Å². The van der Waals surface area contributed by atoms with Crippen LogP contribution >= 0.6 is 0 Å². The molecule has 1 aromatic rings. The molecule has 1 aromatic heterocycles. The van der Waals surface area contributed by atoms with Crippen molar-refractivity contribution in [2.45, 2.75) is 44.9 Å². The Kier molecular flexibility index (Phi) is 5.78. The fourth-order valence-electron chi connectivity index (χ4n) is 2.71. The molecule has 1 aliphatic rings. The van der Waals surface area contributed by atoms with Crippen molar-refractivity contribution in [2.75, 3.05) is 19.5 Å². The quantitative estimate of drug-likeness (QED) is 0.873. The highest BCUT2D eigenvalue weighted by molar-refractivity contribution is 5.91. The minimum absolute atomic E-state index is 0.0207. The summed E-state index contributed by atoms with van der Waals surface area (Å²) in [5.41, 5.74) is 0.479. The highest BCUT2D eigenvalue weighted by Gasteiger charge is 2.16. The SMILES string of the molecule is COc1ncc(NC(=O)CCC2CCCCC2)c(OC)n1. The van der Waals surface area contributed by atoms with Crippen LogP contribution in [0.4, 0.5) is 5.69 Å². The Balaban J connectivity index is 1.86. The van der Waals surface area contributed by atoms with Gasteiger partial charge in [0.05, 0.1) is 20.4 Å². The summed E-state index contributed by atoms with van der Waals surface area (Å²) in [4.78, 5) is 20.0. The smallest absolute Gasteiger partial charge is 0.319 e. The van der Waals surface area contributed by atoms with Crippen molar-refractivity contribution >= 4 is 11.6 Å². The van der Waals surface area contributed by atoms with Crippen LogP contribution in [0.15, 0.2) is 6.20 Å². The summed E-state index contributed by atoms with van der Waals surface area (Å²) < 4.78 is 10.1. The molecular weight excluding hydrogens is 270 g/mol. The third kappa shape index (κ3) is 4.58. The van der Waals surface area contributed by atoms with E-state index in [0.29, 0.717) is 23.9 Å². The Morgan fingerprint density at radius 2 is 2.05 bits per heavy atom. The van der Waals surface area contributed by atoms with E-state index in [1.54, 1.807) is 0 Å². The number of aromatic nitrogens is 2. The molecule has 6 heteroatoms. The highest BCUT2D eigenvalue weighted by atomic mass is 16.5. The minimum atomic E-state index is -0.0207. The van der Waals surface area contributed by atoms with Crippen LogP contribution < -0.4 is 14.8 Å². The van der Waals surface area contributed by atoms with Gasteiger partial charge in [0.25, 0.3) is 0 Å². The lowest BCUT2D eigenvalue weighted by molar-refractivity contribution is -0.116. The number of carbonyl (C=O) groups excluding carboxylic acids is 1. The third-order valence-corrected chi connectivity index (χ3v) is 3.89. The van der Waals surface area contributed by atoms with Crippen LogP contribution in [0.1, 0.15) is 44.9 Å². The average molecular weight is 293 g/mol. The summed E-state index contributed by atoms with van der Waals surface area (Å²) in [6.07, 6.45) is 9.42. The first-order valence-electron chi connectivity index (χ1n) is 7.47. The summed E-state index contributed by atoms with van der Waals surface area (Å²) in [6, 6.07) is 0.215. The summed E-state index contributed by atoms with van der Waals surface area (Å²) in [6.45, 7) is 0. The topological polar surface area (TPSA) is 73.3 Å². The first-order chi connectivity index (χ1) is 10.2. The lowest BCUT2D eigenvalue weighted by atomic mass is 9.86. The van der Waals surface area contributed by atoms with E-state index >= 15 is 0 Å².